The molecule has 4 nitrogen and oxygen atoms in total. The molecule has 1 aliphatic carbocycles. The van der Waals surface area contributed by atoms with Crippen LogP contribution in [-0.4, -0.2) is 36.2 Å². The van der Waals surface area contributed by atoms with E-state index in [-0.39, 0.29) is 5.91 Å². The van der Waals surface area contributed by atoms with Crippen LogP contribution in [0.3, 0.4) is 0 Å². The number of anilines is 1. The molecule has 21 heavy (non-hydrogen) atoms. The number of benzene rings is 1. The number of likely N-dealkylation sites (tertiary alicyclic amines) is 1. The number of rotatable bonds is 3. The molecule has 1 saturated carbocycles. The highest BCUT2D eigenvalue weighted by molar-refractivity contribution is 6.40. The minimum absolute atomic E-state index is 0.143. The summed E-state index contributed by atoms with van der Waals surface area (Å²) >= 11 is 0. The molecule has 4 heteroatoms. The summed E-state index contributed by atoms with van der Waals surface area (Å²) in [5, 5.41) is 6.33. The molecule has 2 aliphatic rings. The summed E-state index contributed by atoms with van der Waals surface area (Å²) in [6.45, 7) is 0.838. The molecule has 1 aromatic rings. The van der Waals surface area contributed by atoms with Crippen LogP contribution in [0, 0.1) is 0 Å². The van der Waals surface area contributed by atoms with E-state index in [4.69, 9.17) is 0 Å². The van der Waals surface area contributed by atoms with Crippen LogP contribution in [0.5, 0.6) is 0 Å². The van der Waals surface area contributed by atoms with E-state index in [1.165, 1.54) is 19.3 Å². The van der Waals surface area contributed by atoms with Crippen molar-refractivity contribution in [2.45, 2.75) is 44.6 Å². The number of carbonyl (C=O) groups excluding carboxylic acids is 1. The van der Waals surface area contributed by atoms with Crippen LogP contribution in [0.4, 0.5) is 5.69 Å². The minimum Gasteiger partial charge on any atom is -0.334 e. The average molecular weight is 285 g/mol. The molecule has 1 aromatic carbocycles. The molecule has 3 rings (SSSR count). The summed E-state index contributed by atoms with van der Waals surface area (Å²) in [6, 6.07) is 10.4. The van der Waals surface area contributed by atoms with Crippen LogP contribution >= 0.6 is 0 Å². The first-order valence-electron chi connectivity index (χ1n) is 7.93. The third-order valence-electron chi connectivity index (χ3n) is 4.51. The van der Waals surface area contributed by atoms with Crippen molar-refractivity contribution >= 4 is 17.3 Å². The number of carbonyl (C=O) groups is 1. The number of para-hydroxylation sites is 1. The molecule has 2 fully saturated rings. The Morgan fingerprint density at radius 1 is 1.14 bits per heavy atom. The lowest BCUT2D eigenvalue weighted by atomic mass is 9.94. The van der Waals surface area contributed by atoms with E-state index < -0.39 is 0 Å². The minimum atomic E-state index is 0.143. The fraction of sp³-hybridized carbons (Fsp3) is 0.529. The Labute approximate surface area is 126 Å². The van der Waals surface area contributed by atoms with Gasteiger partial charge in [0.1, 0.15) is 5.71 Å². The molecule has 1 amide bonds. The molecule has 112 valence electrons. The number of amides is 1. The quantitative estimate of drug-likeness (QED) is 0.800. The predicted molar refractivity (Wildman–Crippen MR) is 85.5 cm³/mol. The maximum atomic E-state index is 12.5. The summed E-state index contributed by atoms with van der Waals surface area (Å²) in [4.78, 5) is 14.6. The van der Waals surface area contributed by atoms with Gasteiger partial charge in [0.05, 0.1) is 5.69 Å². The van der Waals surface area contributed by atoms with Crippen LogP contribution in [0.2, 0.25) is 0 Å². The van der Waals surface area contributed by atoms with E-state index in [9.17, 15) is 4.79 Å². The SMILES string of the molecule is CN(N=C1CCN(C2CCCCC2)C1=O)c1ccccc1. The van der Waals surface area contributed by atoms with Gasteiger partial charge in [0.25, 0.3) is 5.91 Å². The van der Waals surface area contributed by atoms with Crippen LogP contribution in [0.25, 0.3) is 0 Å². The first kappa shape index (κ1) is 14.1. The van der Waals surface area contributed by atoms with E-state index in [1.807, 2.05) is 37.4 Å². The second kappa shape index (κ2) is 6.29. The number of hydrogen-bond donors (Lipinski definition) is 0. The van der Waals surface area contributed by atoms with Gasteiger partial charge in [0.15, 0.2) is 0 Å². The maximum absolute atomic E-state index is 12.5. The van der Waals surface area contributed by atoms with Crippen molar-refractivity contribution in [1.82, 2.24) is 4.90 Å². The zero-order chi connectivity index (χ0) is 14.7. The molecule has 1 aliphatic heterocycles. The molecule has 0 aromatic heterocycles. The molecule has 0 bridgehead atoms. The Morgan fingerprint density at radius 2 is 1.86 bits per heavy atom. The summed E-state index contributed by atoms with van der Waals surface area (Å²) in [6.07, 6.45) is 6.92. The number of hydrazone groups is 1. The van der Waals surface area contributed by atoms with Gasteiger partial charge >= 0.3 is 0 Å². The summed E-state index contributed by atoms with van der Waals surface area (Å²) in [5.74, 6) is 0.143. The van der Waals surface area contributed by atoms with Gasteiger partial charge in [0.2, 0.25) is 0 Å². The fourth-order valence-corrected chi connectivity index (χ4v) is 3.32. The highest BCUT2D eigenvalue weighted by Gasteiger charge is 2.33. The van der Waals surface area contributed by atoms with Crippen LogP contribution in [-0.2, 0) is 4.79 Å². The molecule has 0 N–H and O–H groups in total. The molecule has 1 saturated heterocycles. The summed E-state index contributed by atoms with van der Waals surface area (Å²) in [7, 11) is 1.90. The van der Waals surface area contributed by atoms with E-state index in [2.05, 4.69) is 10.0 Å². The Balaban J connectivity index is 1.69. The number of hydrogen-bond acceptors (Lipinski definition) is 3. The molecular formula is C17H23N3O. The van der Waals surface area contributed by atoms with Gasteiger partial charge in [-0.3, -0.25) is 9.80 Å². The first-order chi connectivity index (χ1) is 10.3. The summed E-state index contributed by atoms with van der Waals surface area (Å²) < 4.78 is 0. The van der Waals surface area contributed by atoms with Gasteiger partial charge in [-0.05, 0) is 25.0 Å². The fourth-order valence-electron chi connectivity index (χ4n) is 3.32. The lowest BCUT2D eigenvalue weighted by molar-refractivity contribution is -0.125. The first-order valence-corrected chi connectivity index (χ1v) is 7.93. The highest BCUT2D eigenvalue weighted by Crippen LogP contribution is 2.26. The van der Waals surface area contributed by atoms with Gasteiger partial charge in [-0.25, -0.2) is 0 Å². The molecular weight excluding hydrogens is 262 g/mol. The maximum Gasteiger partial charge on any atom is 0.270 e. The van der Waals surface area contributed by atoms with Gasteiger partial charge < -0.3 is 4.90 Å². The Hall–Kier alpha value is -1.84. The largest absolute Gasteiger partial charge is 0.334 e. The van der Waals surface area contributed by atoms with E-state index in [1.54, 1.807) is 5.01 Å². The number of nitrogens with zero attached hydrogens (tertiary/aromatic N) is 3. The van der Waals surface area contributed by atoms with Crippen LogP contribution in [0.15, 0.2) is 35.4 Å². The summed E-state index contributed by atoms with van der Waals surface area (Å²) in [5.41, 5.74) is 1.71. The third-order valence-corrected chi connectivity index (χ3v) is 4.51. The highest BCUT2D eigenvalue weighted by atomic mass is 16.2. The van der Waals surface area contributed by atoms with Gasteiger partial charge in [0, 0.05) is 26.1 Å². The van der Waals surface area contributed by atoms with Crippen molar-refractivity contribution in [3.63, 3.8) is 0 Å². The molecule has 0 spiro atoms. The van der Waals surface area contributed by atoms with Crippen molar-refractivity contribution in [2.24, 2.45) is 5.10 Å². The van der Waals surface area contributed by atoms with Gasteiger partial charge in [-0.2, -0.15) is 5.10 Å². The monoisotopic (exact) mass is 285 g/mol. The zero-order valence-electron chi connectivity index (χ0n) is 12.7. The van der Waals surface area contributed by atoms with E-state index in [0.717, 1.165) is 31.5 Å². The second-order valence-corrected chi connectivity index (χ2v) is 5.95. The Morgan fingerprint density at radius 3 is 2.57 bits per heavy atom. The zero-order valence-corrected chi connectivity index (χ0v) is 12.7. The normalized spacial score (nSPS) is 22.0. The Kier molecular flexibility index (Phi) is 4.23. The smallest absolute Gasteiger partial charge is 0.270 e. The van der Waals surface area contributed by atoms with Gasteiger partial charge in [-0.15, -0.1) is 0 Å². The molecule has 0 radical (unpaired) electrons. The lowest BCUT2D eigenvalue weighted by Crippen LogP contribution is -2.39. The lowest BCUT2D eigenvalue weighted by Gasteiger charge is -2.30. The Bertz CT molecular complexity index is 520. The van der Waals surface area contributed by atoms with Crippen molar-refractivity contribution in [3.05, 3.63) is 30.3 Å². The third kappa shape index (κ3) is 3.09. The second-order valence-electron chi connectivity index (χ2n) is 5.95. The van der Waals surface area contributed by atoms with E-state index >= 15 is 0 Å². The topological polar surface area (TPSA) is 35.9 Å². The molecule has 1 heterocycles. The van der Waals surface area contributed by atoms with Crippen molar-refractivity contribution in [2.75, 3.05) is 18.6 Å². The van der Waals surface area contributed by atoms with Crippen LogP contribution in [0.1, 0.15) is 38.5 Å². The average Bonchev–Trinajstić information content (AvgIpc) is 2.90. The molecule has 0 atom stereocenters. The predicted octanol–water partition coefficient (Wildman–Crippen LogP) is 3.04. The van der Waals surface area contributed by atoms with Crippen molar-refractivity contribution in [1.29, 1.82) is 0 Å². The van der Waals surface area contributed by atoms with Gasteiger partial charge in [-0.1, -0.05) is 37.5 Å². The van der Waals surface area contributed by atoms with Crippen LogP contribution < -0.4 is 5.01 Å². The van der Waals surface area contributed by atoms with Crippen molar-refractivity contribution in [3.8, 4) is 0 Å². The van der Waals surface area contributed by atoms with Crippen molar-refractivity contribution < 1.29 is 4.79 Å². The van der Waals surface area contributed by atoms with E-state index in [0.29, 0.717) is 11.8 Å². The standard InChI is InChI=1S/C17H23N3O/c1-19(14-8-4-2-5-9-14)18-16-12-13-20(17(16)21)15-10-6-3-7-11-15/h2,4-5,8-9,15H,3,6-7,10-13H2,1H3. The molecule has 0 unspecified atom stereocenters.